The van der Waals surface area contributed by atoms with Crippen LogP contribution in [0.3, 0.4) is 0 Å². The monoisotopic (exact) mass is 224 g/mol. The molecule has 0 heterocycles. The van der Waals surface area contributed by atoms with E-state index in [0.29, 0.717) is 0 Å². The molecule has 3 N–H and O–H groups in total. The van der Waals surface area contributed by atoms with Crippen LogP contribution in [-0.4, -0.2) is 18.5 Å². The van der Waals surface area contributed by atoms with Crippen molar-refractivity contribution in [2.45, 2.75) is 52.0 Å². The Bertz CT molecular complexity index is 265. The van der Waals surface area contributed by atoms with Crippen LogP contribution >= 0.6 is 0 Å². The third kappa shape index (κ3) is 2.40. The van der Waals surface area contributed by atoms with Crippen LogP contribution in [0.25, 0.3) is 0 Å². The predicted octanol–water partition coefficient (Wildman–Crippen LogP) is 1.67. The van der Waals surface area contributed by atoms with E-state index in [1.165, 1.54) is 19.3 Å². The van der Waals surface area contributed by atoms with Crippen LogP contribution in [0.5, 0.6) is 0 Å². The molecule has 0 aromatic rings. The molecule has 0 radical (unpaired) electrons. The van der Waals surface area contributed by atoms with Gasteiger partial charge in [0.2, 0.25) is 5.91 Å². The van der Waals surface area contributed by atoms with E-state index in [-0.39, 0.29) is 23.3 Å². The minimum absolute atomic E-state index is 0.187. The number of carbonyl (C=O) groups excluding carboxylic acids is 1. The quantitative estimate of drug-likeness (QED) is 0.763. The van der Waals surface area contributed by atoms with E-state index in [1.807, 2.05) is 0 Å². The Morgan fingerprint density at radius 2 is 2.00 bits per heavy atom. The van der Waals surface area contributed by atoms with Crippen molar-refractivity contribution in [3.8, 4) is 0 Å². The molecule has 16 heavy (non-hydrogen) atoms. The van der Waals surface area contributed by atoms with Gasteiger partial charge in [0.25, 0.3) is 0 Å². The Hall–Kier alpha value is -0.570. The van der Waals surface area contributed by atoms with E-state index in [0.717, 1.165) is 25.3 Å². The first-order chi connectivity index (χ1) is 7.49. The van der Waals surface area contributed by atoms with Crippen molar-refractivity contribution in [3.63, 3.8) is 0 Å². The van der Waals surface area contributed by atoms with Crippen molar-refractivity contribution in [2.75, 3.05) is 6.54 Å². The zero-order valence-electron chi connectivity index (χ0n) is 10.5. The molecule has 0 aliphatic heterocycles. The maximum atomic E-state index is 11.8. The first-order valence-corrected chi connectivity index (χ1v) is 6.52. The molecule has 0 atom stereocenters. The second-order valence-electron chi connectivity index (χ2n) is 6.26. The van der Waals surface area contributed by atoms with E-state index in [2.05, 4.69) is 19.2 Å². The number of amides is 1. The van der Waals surface area contributed by atoms with Gasteiger partial charge in [-0.2, -0.15) is 0 Å². The van der Waals surface area contributed by atoms with Gasteiger partial charge < -0.3 is 11.1 Å². The van der Waals surface area contributed by atoms with Gasteiger partial charge in [-0.15, -0.1) is 0 Å². The lowest BCUT2D eigenvalue weighted by Gasteiger charge is -2.41. The Morgan fingerprint density at radius 3 is 2.44 bits per heavy atom. The summed E-state index contributed by atoms with van der Waals surface area (Å²) in [5.74, 6) is 1.21. The highest BCUT2D eigenvalue weighted by Gasteiger charge is 2.36. The highest BCUT2D eigenvalue weighted by molar-refractivity contribution is 5.79. The third-order valence-electron chi connectivity index (χ3n) is 4.47. The van der Waals surface area contributed by atoms with Gasteiger partial charge in [0.15, 0.2) is 0 Å². The molecule has 0 aromatic carbocycles. The Labute approximate surface area is 98.2 Å². The van der Waals surface area contributed by atoms with Crippen LogP contribution in [-0.2, 0) is 4.79 Å². The summed E-state index contributed by atoms with van der Waals surface area (Å²) in [6.45, 7) is 5.36. The van der Waals surface area contributed by atoms with Crippen LogP contribution in [0.1, 0.15) is 46.0 Å². The standard InChI is InChI=1S/C13H24N2O/c1-13(2,10-4-3-5-10)8-15-12(16)9-6-11(14)7-9/h9-11H,3-8,14H2,1-2H3,(H,15,16). The smallest absolute Gasteiger partial charge is 0.223 e. The van der Waals surface area contributed by atoms with Crippen LogP contribution in [0, 0.1) is 17.3 Å². The molecule has 0 spiro atoms. The second-order valence-corrected chi connectivity index (χ2v) is 6.26. The fraction of sp³-hybridized carbons (Fsp3) is 0.923. The summed E-state index contributed by atoms with van der Waals surface area (Å²) in [6, 6.07) is 0.260. The Morgan fingerprint density at radius 1 is 1.38 bits per heavy atom. The lowest BCUT2D eigenvalue weighted by molar-refractivity contribution is -0.128. The van der Waals surface area contributed by atoms with Gasteiger partial charge in [-0.1, -0.05) is 20.3 Å². The summed E-state index contributed by atoms with van der Waals surface area (Å²) in [5, 5.41) is 3.10. The fourth-order valence-electron chi connectivity index (χ4n) is 2.67. The molecule has 2 rings (SSSR count). The maximum Gasteiger partial charge on any atom is 0.223 e. The van der Waals surface area contributed by atoms with Gasteiger partial charge in [-0.25, -0.2) is 0 Å². The summed E-state index contributed by atoms with van der Waals surface area (Å²) in [5.41, 5.74) is 5.95. The summed E-state index contributed by atoms with van der Waals surface area (Å²) in [7, 11) is 0. The van der Waals surface area contributed by atoms with Gasteiger partial charge in [-0.3, -0.25) is 4.79 Å². The zero-order chi connectivity index (χ0) is 11.8. The molecule has 3 heteroatoms. The molecule has 0 unspecified atom stereocenters. The first-order valence-electron chi connectivity index (χ1n) is 6.52. The van der Waals surface area contributed by atoms with E-state index in [4.69, 9.17) is 5.73 Å². The largest absolute Gasteiger partial charge is 0.355 e. The van der Waals surface area contributed by atoms with Gasteiger partial charge >= 0.3 is 0 Å². The molecule has 0 saturated heterocycles. The highest BCUT2D eigenvalue weighted by Crippen LogP contribution is 2.41. The third-order valence-corrected chi connectivity index (χ3v) is 4.47. The highest BCUT2D eigenvalue weighted by atomic mass is 16.1. The van der Waals surface area contributed by atoms with Crippen molar-refractivity contribution < 1.29 is 4.79 Å². The number of hydrogen-bond donors (Lipinski definition) is 2. The van der Waals surface area contributed by atoms with Gasteiger partial charge in [-0.05, 0) is 37.0 Å². The Balaban J connectivity index is 1.71. The van der Waals surface area contributed by atoms with Crippen LogP contribution < -0.4 is 11.1 Å². The van der Waals surface area contributed by atoms with E-state index >= 15 is 0 Å². The van der Waals surface area contributed by atoms with Gasteiger partial charge in [0.1, 0.15) is 0 Å². The molecule has 2 fully saturated rings. The number of hydrogen-bond acceptors (Lipinski definition) is 2. The molecule has 1 amide bonds. The fourth-order valence-corrected chi connectivity index (χ4v) is 2.67. The average molecular weight is 224 g/mol. The predicted molar refractivity (Wildman–Crippen MR) is 64.8 cm³/mol. The summed E-state index contributed by atoms with van der Waals surface area (Å²) in [4.78, 5) is 11.8. The first kappa shape index (κ1) is 11.9. The SMILES string of the molecule is CC(C)(CNC(=O)C1CC(N)C1)C1CCC1. The molecule has 3 nitrogen and oxygen atoms in total. The van der Waals surface area contributed by atoms with Crippen molar-refractivity contribution in [3.05, 3.63) is 0 Å². The summed E-state index contributed by atoms with van der Waals surface area (Å²) in [6.07, 6.45) is 5.76. The van der Waals surface area contributed by atoms with Crippen molar-refractivity contribution in [1.29, 1.82) is 0 Å². The minimum Gasteiger partial charge on any atom is -0.355 e. The van der Waals surface area contributed by atoms with E-state index in [1.54, 1.807) is 0 Å². The molecule has 2 aliphatic rings. The average Bonchev–Trinajstić information content (AvgIpc) is 2.05. The minimum atomic E-state index is 0.187. The number of nitrogens with two attached hydrogens (primary N) is 1. The number of nitrogens with one attached hydrogen (secondary N) is 1. The molecule has 2 aliphatic carbocycles. The van der Waals surface area contributed by atoms with Crippen LogP contribution in [0.15, 0.2) is 0 Å². The van der Waals surface area contributed by atoms with Crippen molar-refractivity contribution >= 4 is 5.91 Å². The summed E-state index contributed by atoms with van der Waals surface area (Å²) >= 11 is 0. The molecule has 92 valence electrons. The van der Waals surface area contributed by atoms with Crippen molar-refractivity contribution in [1.82, 2.24) is 5.32 Å². The molecule has 0 aromatic heterocycles. The van der Waals surface area contributed by atoms with E-state index < -0.39 is 0 Å². The summed E-state index contributed by atoms with van der Waals surface area (Å²) < 4.78 is 0. The Kier molecular flexibility index (Phi) is 3.24. The number of rotatable bonds is 4. The molecule has 2 saturated carbocycles. The zero-order valence-corrected chi connectivity index (χ0v) is 10.5. The van der Waals surface area contributed by atoms with Crippen molar-refractivity contribution in [2.24, 2.45) is 23.0 Å². The molecular weight excluding hydrogens is 200 g/mol. The van der Waals surface area contributed by atoms with Gasteiger partial charge in [0.05, 0.1) is 0 Å². The number of carbonyl (C=O) groups is 1. The lowest BCUT2D eigenvalue weighted by Crippen LogP contribution is -2.48. The lowest BCUT2D eigenvalue weighted by atomic mass is 9.67. The molecule has 0 bridgehead atoms. The topological polar surface area (TPSA) is 55.1 Å². The van der Waals surface area contributed by atoms with E-state index in [9.17, 15) is 4.79 Å². The maximum absolute atomic E-state index is 11.8. The normalized spacial score (nSPS) is 30.4. The second kappa shape index (κ2) is 4.36. The van der Waals surface area contributed by atoms with Crippen LogP contribution in [0.4, 0.5) is 0 Å². The van der Waals surface area contributed by atoms with Gasteiger partial charge in [0, 0.05) is 18.5 Å². The van der Waals surface area contributed by atoms with Crippen LogP contribution in [0.2, 0.25) is 0 Å². The molecular formula is C13H24N2O.